The van der Waals surface area contributed by atoms with Gasteiger partial charge in [-0.15, -0.1) is 0 Å². The van der Waals surface area contributed by atoms with Gasteiger partial charge in [0.15, 0.2) is 0 Å². The summed E-state index contributed by atoms with van der Waals surface area (Å²) < 4.78 is 0. The molecular weight excluding hydrogens is 326 g/mol. The Kier molecular flexibility index (Phi) is 5.76. The molecule has 2 aromatic heterocycles. The molecule has 0 fully saturated rings. The normalized spacial score (nSPS) is 10.6. The van der Waals surface area contributed by atoms with Crippen LogP contribution in [0.4, 0.5) is 17.5 Å². The first-order valence-electron chi connectivity index (χ1n) is 8.65. The number of rotatable bonds is 7. The lowest BCUT2D eigenvalue weighted by atomic mass is 10.1. The van der Waals surface area contributed by atoms with E-state index in [9.17, 15) is 0 Å². The summed E-state index contributed by atoms with van der Waals surface area (Å²) in [6.07, 6.45) is 2.38. The minimum absolute atomic E-state index is 0.126. The smallest absolute Gasteiger partial charge is 0.225 e. The van der Waals surface area contributed by atoms with Gasteiger partial charge in [-0.25, -0.2) is 4.98 Å². The number of aliphatic hydroxyl groups is 1. The lowest BCUT2D eigenvalue weighted by Crippen LogP contribution is -2.09. The number of hydrogen-bond acceptors (Lipinski definition) is 6. The van der Waals surface area contributed by atoms with Crippen molar-refractivity contribution in [3.63, 3.8) is 0 Å². The van der Waals surface area contributed by atoms with Gasteiger partial charge in [0, 0.05) is 31.1 Å². The molecule has 0 aliphatic heterocycles. The van der Waals surface area contributed by atoms with Gasteiger partial charge in [0.25, 0.3) is 0 Å². The standard InChI is InChI=1S/C20H23N5O/c1-14-7-8-15(2)17(12-14)23-19-13-18(16-6-3-4-9-21-16)24-20(25-19)22-10-5-11-26/h3-4,6-9,12-13,26H,5,10-11H2,1-2H3,(H2,22,23,24,25). The van der Waals surface area contributed by atoms with Gasteiger partial charge in [-0.2, -0.15) is 4.98 Å². The molecule has 0 aliphatic rings. The van der Waals surface area contributed by atoms with Crippen LogP contribution >= 0.6 is 0 Å². The number of aryl methyl sites for hydroxylation is 2. The zero-order valence-electron chi connectivity index (χ0n) is 15.0. The summed E-state index contributed by atoms with van der Waals surface area (Å²) in [5, 5.41) is 15.5. The molecule has 0 aliphatic carbocycles. The molecule has 0 amide bonds. The molecule has 0 spiro atoms. The van der Waals surface area contributed by atoms with E-state index in [1.807, 2.05) is 24.3 Å². The van der Waals surface area contributed by atoms with E-state index in [1.165, 1.54) is 5.56 Å². The van der Waals surface area contributed by atoms with Crippen LogP contribution in [0.25, 0.3) is 11.4 Å². The Balaban J connectivity index is 1.95. The van der Waals surface area contributed by atoms with Gasteiger partial charge < -0.3 is 15.7 Å². The maximum Gasteiger partial charge on any atom is 0.225 e. The van der Waals surface area contributed by atoms with Crippen LogP contribution in [-0.4, -0.2) is 33.2 Å². The molecule has 0 bridgehead atoms. The first-order valence-corrected chi connectivity index (χ1v) is 8.65. The number of hydrogen-bond donors (Lipinski definition) is 3. The topological polar surface area (TPSA) is 83.0 Å². The van der Waals surface area contributed by atoms with Crippen LogP contribution < -0.4 is 10.6 Å². The second kappa shape index (κ2) is 8.40. The quantitative estimate of drug-likeness (QED) is 0.564. The van der Waals surface area contributed by atoms with Gasteiger partial charge in [-0.05, 0) is 49.6 Å². The first kappa shape index (κ1) is 17.8. The van der Waals surface area contributed by atoms with Crippen molar-refractivity contribution in [2.75, 3.05) is 23.8 Å². The highest BCUT2D eigenvalue weighted by molar-refractivity contribution is 5.67. The number of aromatic nitrogens is 3. The van der Waals surface area contributed by atoms with Crippen molar-refractivity contribution in [3.8, 4) is 11.4 Å². The second-order valence-corrected chi connectivity index (χ2v) is 6.12. The number of nitrogens with one attached hydrogen (secondary N) is 2. The summed E-state index contributed by atoms with van der Waals surface area (Å²) >= 11 is 0. The van der Waals surface area contributed by atoms with Crippen LogP contribution in [0.5, 0.6) is 0 Å². The van der Waals surface area contributed by atoms with E-state index in [4.69, 9.17) is 5.11 Å². The van der Waals surface area contributed by atoms with Gasteiger partial charge in [0.1, 0.15) is 5.82 Å². The number of nitrogens with zero attached hydrogens (tertiary/aromatic N) is 3. The molecule has 0 radical (unpaired) electrons. The monoisotopic (exact) mass is 349 g/mol. The maximum absolute atomic E-state index is 8.98. The van der Waals surface area contributed by atoms with Crippen LogP contribution in [0.3, 0.4) is 0 Å². The van der Waals surface area contributed by atoms with Gasteiger partial charge in [0.2, 0.25) is 5.95 Å². The molecule has 2 heterocycles. The summed E-state index contributed by atoms with van der Waals surface area (Å²) in [6.45, 7) is 4.85. The van der Waals surface area contributed by atoms with Crippen molar-refractivity contribution in [2.45, 2.75) is 20.3 Å². The van der Waals surface area contributed by atoms with Crippen molar-refractivity contribution in [1.29, 1.82) is 0 Å². The Morgan fingerprint density at radius 2 is 1.88 bits per heavy atom. The fraction of sp³-hybridized carbons (Fsp3) is 0.250. The molecule has 0 unspecified atom stereocenters. The minimum atomic E-state index is 0.126. The largest absolute Gasteiger partial charge is 0.396 e. The third-order valence-electron chi connectivity index (χ3n) is 3.93. The molecule has 134 valence electrons. The fourth-order valence-corrected chi connectivity index (χ4v) is 2.52. The van der Waals surface area contributed by atoms with E-state index >= 15 is 0 Å². The summed E-state index contributed by atoms with van der Waals surface area (Å²) in [6, 6.07) is 13.9. The molecular formula is C20H23N5O. The molecule has 0 saturated heterocycles. The lowest BCUT2D eigenvalue weighted by molar-refractivity contribution is 0.292. The van der Waals surface area contributed by atoms with Crippen molar-refractivity contribution in [2.24, 2.45) is 0 Å². The average molecular weight is 349 g/mol. The predicted octanol–water partition coefficient (Wildman–Crippen LogP) is 3.69. The molecule has 0 saturated carbocycles. The highest BCUT2D eigenvalue weighted by Gasteiger charge is 2.09. The third-order valence-corrected chi connectivity index (χ3v) is 3.93. The number of anilines is 3. The van der Waals surface area contributed by atoms with E-state index in [2.05, 4.69) is 57.6 Å². The molecule has 6 heteroatoms. The zero-order valence-corrected chi connectivity index (χ0v) is 15.0. The van der Waals surface area contributed by atoms with E-state index in [-0.39, 0.29) is 6.61 Å². The Bertz CT molecular complexity index is 867. The maximum atomic E-state index is 8.98. The average Bonchev–Trinajstić information content (AvgIpc) is 2.65. The number of aliphatic hydroxyl groups excluding tert-OH is 1. The van der Waals surface area contributed by atoms with Gasteiger partial charge in [-0.1, -0.05) is 18.2 Å². The van der Waals surface area contributed by atoms with Gasteiger partial charge in [0.05, 0.1) is 11.4 Å². The lowest BCUT2D eigenvalue weighted by Gasteiger charge is -2.13. The van der Waals surface area contributed by atoms with Gasteiger partial charge in [-0.3, -0.25) is 4.98 Å². The SMILES string of the molecule is Cc1ccc(C)c(Nc2cc(-c3ccccn3)nc(NCCCO)n2)c1. The van der Waals surface area contributed by atoms with Crippen molar-refractivity contribution < 1.29 is 5.11 Å². The molecule has 6 nitrogen and oxygen atoms in total. The van der Waals surface area contributed by atoms with Crippen LogP contribution in [0.15, 0.2) is 48.7 Å². The van der Waals surface area contributed by atoms with Crippen molar-refractivity contribution >= 4 is 17.5 Å². The molecule has 1 aromatic carbocycles. The molecule has 0 atom stereocenters. The molecule has 3 aromatic rings. The second-order valence-electron chi connectivity index (χ2n) is 6.12. The number of pyridine rings is 1. The third kappa shape index (κ3) is 4.55. The highest BCUT2D eigenvalue weighted by atomic mass is 16.3. The first-order chi connectivity index (χ1) is 12.7. The minimum Gasteiger partial charge on any atom is -0.396 e. The zero-order chi connectivity index (χ0) is 18.4. The van der Waals surface area contributed by atoms with E-state index in [0.717, 1.165) is 22.6 Å². The Labute approximate surface area is 153 Å². The molecule has 3 N–H and O–H groups in total. The van der Waals surface area contributed by atoms with Crippen LogP contribution in [0.1, 0.15) is 17.5 Å². The summed E-state index contributed by atoms with van der Waals surface area (Å²) in [5.41, 5.74) is 4.85. The Morgan fingerprint density at radius 1 is 1.00 bits per heavy atom. The Hall–Kier alpha value is -2.99. The molecule has 3 rings (SSSR count). The van der Waals surface area contributed by atoms with Gasteiger partial charge >= 0.3 is 0 Å². The van der Waals surface area contributed by atoms with Crippen LogP contribution in [0, 0.1) is 13.8 Å². The fourth-order valence-electron chi connectivity index (χ4n) is 2.52. The summed E-state index contributed by atoms with van der Waals surface area (Å²) in [7, 11) is 0. The van der Waals surface area contributed by atoms with E-state index in [1.54, 1.807) is 6.20 Å². The highest BCUT2D eigenvalue weighted by Crippen LogP contribution is 2.24. The molecule has 26 heavy (non-hydrogen) atoms. The number of benzene rings is 1. The van der Waals surface area contributed by atoms with E-state index < -0.39 is 0 Å². The van der Waals surface area contributed by atoms with Crippen molar-refractivity contribution in [3.05, 3.63) is 59.8 Å². The van der Waals surface area contributed by atoms with Crippen LogP contribution in [-0.2, 0) is 0 Å². The van der Waals surface area contributed by atoms with Crippen molar-refractivity contribution in [1.82, 2.24) is 15.0 Å². The summed E-state index contributed by atoms with van der Waals surface area (Å²) in [4.78, 5) is 13.5. The van der Waals surface area contributed by atoms with Crippen LogP contribution in [0.2, 0.25) is 0 Å². The Morgan fingerprint density at radius 3 is 2.65 bits per heavy atom. The predicted molar refractivity (Wildman–Crippen MR) is 105 cm³/mol. The summed E-state index contributed by atoms with van der Waals surface area (Å²) in [5.74, 6) is 1.20. The van der Waals surface area contributed by atoms with E-state index in [0.29, 0.717) is 24.7 Å².